The van der Waals surface area contributed by atoms with E-state index in [1.165, 1.54) is 77.7 Å². The Hall–Kier alpha value is -12.2. The van der Waals surface area contributed by atoms with E-state index in [9.17, 15) is 58.1 Å². The molecular weight excluding hydrogens is 1430 g/mol. The predicted octanol–water partition coefficient (Wildman–Crippen LogP) is 8.11. The zero-order chi connectivity index (χ0) is 78.5. The van der Waals surface area contributed by atoms with E-state index in [1.807, 2.05) is 24.0 Å². The van der Waals surface area contributed by atoms with Crippen LogP contribution < -0.4 is 58.1 Å². The van der Waals surface area contributed by atoms with Gasteiger partial charge in [0, 0.05) is 148 Å². The molecule has 5 fully saturated rings. The van der Waals surface area contributed by atoms with Crippen LogP contribution in [0.5, 0.6) is 0 Å². The summed E-state index contributed by atoms with van der Waals surface area (Å²) in [4.78, 5) is 187. The standard InChI is InChI=1S/C82H91N15O15/c1-2-95(59-29-25-57(26-30-59)93-94-58-27-31-60(32-28-58)97(110)111)35-36-112-72(99)34-33-71(98)96-45-69(91-81(108)55-41-51-39-52(42-55)78(105)88-66-22-8-4-18-62(66)84-74(101)48-14-11-13-47(37-48)73(100)83-61-17-3-7-21-65(61)87-77(51)104)70(46-96)92-82(109)56-43-53-40-54(44-56)80(107)90-68-24-10-6-20-64(68)86-76(103)50-16-12-15-49(38-50)75(102)85-63-19-5-9-23-67(63)89-79(53)106/h11-16,25-32,37-44,61-70H,2-10,17-24,33-36,45-46H2,1H3,(H,83,100)(H,84,101)(H,85,102)(H,86,103)(H,87,104)(H,88,105)(H,89,106)(H,90,107)(H,91,108)(H,92,109)/t61-,62-,63-,64-,65-,66-,67-,68-,69-,70-/m1/s1. The van der Waals surface area contributed by atoms with Gasteiger partial charge in [-0.05, 0) is 167 Å². The maximum Gasteiger partial charge on any atom is 0.306 e. The Balaban J connectivity index is 0.764. The number of rotatable bonds is 15. The third-order valence-corrected chi connectivity index (χ3v) is 22.2. The Labute approximate surface area is 646 Å². The molecule has 7 aliphatic rings. The van der Waals surface area contributed by atoms with Crippen LogP contribution in [-0.2, 0) is 14.3 Å². The molecule has 0 spiro atoms. The Morgan fingerprint density at radius 3 is 1.05 bits per heavy atom. The Morgan fingerprint density at radius 2 is 0.741 bits per heavy atom. The number of anilines is 1. The van der Waals surface area contributed by atoms with Gasteiger partial charge in [0.1, 0.15) is 6.61 Å². The van der Waals surface area contributed by atoms with Crippen LogP contribution in [0.15, 0.2) is 144 Å². The molecule has 0 unspecified atom stereocenters. The highest BCUT2D eigenvalue weighted by Gasteiger charge is 2.40. The Bertz CT molecular complexity index is 4280. The number of hydrogen-bond acceptors (Lipinski definition) is 18. The molecule has 30 nitrogen and oxygen atoms in total. The molecule has 0 radical (unpaired) electrons. The van der Waals surface area contributed by atoms with Crippen molar-refractivity contribution in [1.82, 2.24) is 58.1 Å². The number of nitrogens with one attached hydrogen (secondary N) is 10. The molecule has 112 heavy (non-hydrogen) atoms. The molecule has 10 atom stereocenters. The van der Waals surface area contributed by atoms with Crippen molar-refractivity contribution in [2.45, 2.75) is 183 Å². The first-order valence-corrected chi connectivity index (χ1v) is 38.7. The number of likely N-dealkylation sites (tertiary alicyclic amines) is 1. The first kappa shape index (κ1) is 77.9. The second kappa shape index (κ2) is 35.6. The van der Waals surface area contributed by atoms with E-state index in [4.69, 9.17) is 4.74 Å². The van der Waals surface area contributed by atoms with E-state index >= 15 is 9.59 Å². The summed E-state index contributed by atoms with van der Waals surface area (Å²) >= 11 is 0. The number of non-ortho nitro benzene ring substituents is 1. The zero-order valence-electron chi connectivity index (χ0n) is 62.1. The molecule has 1 saturated heterocycles. The molecule has 6 aromatic carbocycles. The number of carbonyl (C=O) groups is 12. The van der Waals surface area contributed by atoms with Crippen LogP contribution in [0, 0.1) is 10.1 Å². The van der Waals surface area contributed by atoms with Crippen molar-refractivity contribution in [3.8, 4) is 0 Å². The van der Waals surface area contributed by atoms with Gasteiger partial charge < -0.3 is 67.7 Å². The number of ether oxygens (including phenoxy) is 1. The van der Waals surface area contributed by atoms with Crippen molar-refractivity contribution in [2.75, 3.05) is 37.7 Å². The summed E-state index contributed by atoms with van der Waals surface area (Å²) in [6.45, 7) is 2.20. The minimum Gasteiger partial charge on any atom is -0.464 e. The fourth-order valence-electron chi connectivity index (χ4n) is 16.0. The van der Waals surface area contributed by atoms with Gasteiger partial charge in [0.15, 0.2) is 0 Å². The van der Waals surface area contributed by atoms with Gasteiger partial charge >= 0.3 is 5.97 Å². The molecule has 3 heterocycles. The lowest BCUT2D eigenvalue weighted by atomic mass is 9.89. The van der Waals surface area contributed by atoms with Crippen LogP contribution in [0.1, 0.15) is 226 Å². The van der Waals surface area contributed by atoms with Crippen LogP contribution >= 0.6 is 0 Å². The number of nitrogens with zero attached hydrogens (tertiary/aromatic N) is 5. The summed E-state index contributed by atoms with van der Waals surface area (Å²) in [6, 6.07) is 26.7. The molecule has 10 N–H and O–H groups in total. The molecule has 6 aromatic rings. The van der Waals surface area contributed by atoms with E-state index < -0.39 is 136 Å². The number of azo groups is 1. The second-order valence-corrected chi connectivity index (χ2v) is 29.8. The molecule has 8 bridgehead atoms. The number of nitro groups is 1. The Morgan fingerprint density at radius 1 is 0.438 bits per heavy atom. The lowest BCUT2D eigenvalue weighted by molar-refractivity contribution is -0.384. The van der Waals surface area contributed by atoms with Gasteiger partial charge in [-0.2, -0.15) is 10.2 Å². The maximum atomic E-state index is 15.2. The number of carbonyl (C=O) groups excluding carboxylic acids is 12. The van der Waals surface area contributed by atoms with Crippen LogP contribution in [0.3, 0.4) is 0 Å². The summed E-state index contributed by atoms with van der Waals surface area (Å²) < 4.78 is 5.65. The third-order valence-electron chi connectivity index (χ3n) is 22.2. The summed E-state index contributed by atoms with van der Waals surface area (Å²) in [5.74, 6) is -7.20. The number of amides is 11. The smallest absolute Gasteiger partial charge is 0.306 e. The van der Waals surface area contributed by atoms with E-state index in [2.05, 4.69) is 63.4 Å². The van der Waals surface area contributed by atoms with Crippen LogP contribution in [0.2, 0.25) is 0 Å². The molecule has 4 saturated carbocycles. The van der Waals surface area contributed by atoms with E-state index in [-0.39, 0.29) is 100 Å². The van der Waals surface area contributed by atoms with Crippen molar-refractivity contribution in [2.24, 2.45) is 10.2 Å². The normalized spacial score (nSPS) is 23.6. The van der Waals surface area contributed by atoms with Crippen LogP contribution in [-0.4, -0.2) is 174 Å². The fraction of sp³-hybridized carbons (Fsp3) is 0.415. The van der Waals surface area contributed by atoms with Crippen molar-refractivity contribution in [3.05, 3.63) is 199 Å². The first-order valence-electron chi connectivity index (χ1n) is 38.7. The number of hydrogen-bond donors (Lipinski definition) is 10. The second-order valence-electron chi connectivity index (χ2n) is 29.8. The molecule has 4 aliphatic carbocycles. The van der Waals surface area contributed by atoms with Gasteiger partial charge in [-0.25, -0.2) is 0 Å². The van der Waals surface area contributed by atoms with Gasteiger partial charge in [-0.15, -0.1) is 0 Å². The monoisotopic (exact) mass is 1530 g/mol. The van der Waals surface area contributed by atoms with Crippen molar-refractivity contribution >= 4 is 93.7 Å². The minimum atomic E-state index is -1.13. The SMILES string of the molecule is CCN(CCOC(=O)CCC(=O)N1C[C@@H](NC(=O)c2cc3cc(c2)C(=O)N[C@@H]2CCCC[C@H]2NC(=O)c2cccc(c2)C(=O)N[C@@H]2CCCC[C@H]2NC3=O)[C@H](NC(=O)c2cc3cc(c2)C(=O)N[C@@H]2CCCC[C@H]2NC(=O)c2cccc(c2)C(=O)N[C@@H]2CCCC[C@H]2NC3=O)C1)c1ccc(N=Nc2ccc([N+](=O)[O-])cc2)cc1. The molecule has 30 heteroatoms. The van der Waals surface area contributed by atoms with E-state index in [1.54, 1.807) is 48.5 Å². The van der Waals surface area contributed by atoms with Gasteiger partial charge in [-0.1, -0.05) is 63.5 Å². The molecule has 3 aliphatic heterocycles. The summed E-state index contributed by atoms with van der Waals surface area (Å²) in [6.07, 6.45) is 9.15. The maximum absolute atomic E-state index is 15.2. The van der Waals surface area contributed by atoms with Crippen molar-refractivity contribution in [3.63, 3.8) is 0 Å². The number of benzene rings is 6. The molecule has 13 rings (SSSR count). The van der Waals surface area contributed by atoms with Crippen LogP contribution in [0.4, 0.5) is 22.7 Å². The number of esters is 1. The van der Waals surface area contributed by atoms with Gasteiger partial charge in [-0.3, -0.25) is 67.6 Å². The highest BCUT2D eigenvalue weighted by atomic mass is 16.6. The van der Waals surface area contributed by atoms with Gasteiger partial charge in [0.05, 0.1) is 41.3 Å². The minimum absolute atomic E-state index is 0.0472. The number of fused-ring (bicyclic) bond motifs is 12. The summed E-state index contributed by atoms with van der Waals surface area (Å²) in [5, 5.41) is 50.0. The molecule has 11 amide bonds. The van der Waals surface area contributed by atoms with Gasteiger partial charge in [0.25, 0.3) is 64.8 Å². The third kappa shape index (κ3) is 19.3. The van der Waals surface area contributed by atoms with Gasteiger partial charge in [0.2, 0.25) is 5.91 Å². The predicted molar refractivity (Wildman–Crippen MR) is 411 cm³/mol. The highest BCUT2D eigenvalue weighted by Crippen LogP contribution is 2.29. The van der Waals surface area contributed by atoms with Crippen LogP contribution in [0.25, 0.3) is 0 Å². The number of nitro benzene ring substituents is 1. The first-order chi connectivity index (χ1) is 54.1. The van der Waals surface area contributed by atoms with Crippen molar-refractivity contribution < 1.29 is 67.2 Å². The molecular formula is C82H91N15O15. The summed E-state index contributed by atoms with van der Waals surface area (Å²) in [5.41, 5.74) is 2.05. The quantitative estimate of drug-likeness (QED) is 0.0201. The average molecular weight is 1530 g/mol. The average Bonchev–Trinajstić information content (AvgIpc) is 1.13. The Kier molecular flexibility index (Phi) is 24.8. The topological polar surface area (TPSA) is 409 Å². The van der Waals surface area contributed by atoms with E-state index in [0.29, 0.717) is 69.3 Å². The fourth-order valence-corrected chi connectivity index (χ4v) is 16.0. The van der Waals surface area contributed by atoms with E-state index in [0.717, 1.165) is 57.1 Å². The molecule has 0 aromatic heterocycles. The largest absolute Gasteiger partial charge is 0.464 e. The highest BCUT2D eigenvalue weighted by molar-refractivity contribution is 6.07. The lowest BCUT2D eigenvalue weighted by Crippen LogP contribution is -2.54. The zero-order valence-corrected chi connectivity index (χ0v) is 62.1. The lowest BCUT2D eigenvalue weighted by Gasteiger charge is -2.33. The number of likely N-dealkylation sites (N-methyl/N-ethyl adjacent to an activating group) is 1. The summed E-state index contributed by atoms with van der Waals surface area (Å²) in [7, 11) is 0. The van der Waals surface area contributed by atoms with Crippen molar-refractivity contribution in [1.29, 1.82) is 0 Å². The molecule has 584 valence electrons.